The summed E-state index contributed by atoms with van der Waals surface area (Å²) in [5, 5.41) is 9.98. The lowest BCUT2D eigenvalue weighted by molar-refractivity contribution is -0.130. The summed E-state index contributed by atoms with van der Waals surface area (Å²) in [6.07, 6.45) is 0. The predicted molar refractivity (Wildman–Crippen MR) is 107 cm³/mol. The molecule has 1 N–H and O–H groups in total. The molecule has 3 aromatic carbocycles. The molecule has 3 aromatic rings. The summed E-state index contributed by atoms with van der Waals surface area (Å²) in [6, 6.07) is 16.7. The first-order valence-corrected chi connectivity index (χ1v) is 9.26. The average Bonchev–Trinajstić information content (AvgIpc) is 3.01. The Bertz CT molecular complexity index is 1260. The van der Waals surface area contributed by atoms with E-state index in [-0.39, 0.29) is 17.1 Å². The van der Waals surface area contributed by atoms with Crippen molar-refractivity contribution in [3.8, 4) is 23.0 Å². The molecular formula is C24H16O6. The molecule has 0 unspecified atom stereocenters. The molecular weight excluding hydrogens is 384 g/mol. The number of phenolic OH excluding ortho intramolecular Hbond substituents is 1. The lowest BCUT2D eigenvalue weighted by Crippen LogP contribution is -2.33. The Hall–Kier alpha value is -4.06. The highest BCUT2D eigenvalue weighted by Crippen LogP contribution is 2.56. The van der Waals surface area contributed by atoms with Gasteiger partial charge in [-0.05, 0) is 37.3 Å². The van der Waals surface area contributed by atoms with Gasteiger partial charge in [0.25, 0.3) is 0 Å². The van der Waals surface area contributed by atoms with Crippen molar-refractivity contribution in [3.63, 3.8) is 0 Å². The van der Waals surface area contributed by atoms with Crippen LogP contribution in [0.4, 0.5) is 0 Å². The molecule has 6 nitrogen and oxygen atoms in total. The average molecular weight is 400 g/mol. The minimum Gasteiger partial charge on any atom is -0.508 e. The van der Waals surface area contributed by atoms with Crippen LogP contribution in [0.15, 0.2) is 72.8 Å². The van der Waals surface area contributed by atoms with Crippen LogP contribution in [0.5, 0.6) is 23.0 Å². The van der Waals surface area contributed by atoms with Crippen LogP contribution in [-0.4, -0.2) is 17.0 Å². The van der Waals surface area contributed by atoms with E-state index in [0.29, 0.717) is 33.8 Å². The largest absolute Gasteiger partial charge is 0.508 e. The molecule has 148 valence electrons. The Kier molecular flexibility index (Phi) is 3.73. The lowest BCUT2D eigenvalue weighted by atomic mass is 9.77. The fraction of sp³-hybridized carbons (Fsp3) is 0.0833. The number of ether oxygens (including phenoxy) is 3. The molecule has 2 heterocycles. The minimum absolute atomic E-state index is 0.00910. The van der Waals surface area contributed by atoms with Crippen LogP contribution in [0, 0.1) is 0 Å². The zero-order chi connectivity index (χ0) is 21.0. The van der Waals surface area contributed by atoms with E-state index in [4.69, 9.17) is 14.2 Å². The quantitative estimate of drug-likeness (QED) is 0.389. The summed E-state index contributed by atoms with van der Waals surface area (Å²) >= 11 is 0. The van der Waals surface area contributed by atoms with Gasteiger partial charge in [0.05, 0.1) is 5.56 Å². The molecule has 0 amide bonds. The van der Waals surface area contributed by atoms with E-state index in [9.17, 15) is 14.7 Å². The summed E-state index contributed by atoms with van der Waals surface area (Å²) in [5.41, 5.74) is 1.35. The number of hydrogen-bond donors (Lipinski definition) is 1. The maximum Gasteiger partial charge on any atom is 0.340 e. The Morgan fingerprint density at radius 2 is 1.70 bits per heavy atom. The van der Waals surface area contributed by atoms with Crippen molar-refractivity contribution < 1.29 is 28.9 Å². The van der Waals surface area contributed by atoms with Gasteiger partial charge in [0.2, 0.25) is 0 Å². The number of rotatable bonds is 2. The van der Waals surface area contributed by atoms with E-state index < -0.39 is 17.5 Å². The number of esters is 2. The normalized spacial score (nSPS) is 18.0. The van der Waals surface area contributed by atoms with Gasteiger partial charge in [-0.1, -0.05) is 24.8 Å². The van der Waals surface area contributed by atoms with Gasteiger partial charge in [0.1, 0.15) is 23.0 Å². The summed E-state index contributed by atoms with van der Waals surface area (Å²) in [5.74, 6) is -0.0423. The van der Waals surface area contributed by atoms with Crippen molar-refractivity contribution in [3.05, 3.63) is 95.1 Å². The van der Waals surface area contributed by atoms with Crippen molar-refractivity contribution in [2.75, 3.05) is 0 Å². The fourth-order valence-corrected chi connectivity index (χ4v) is 3.90. The van der Waals surface area contributed by atoms with E-state index >= 15 is 0 Å². The SMILES string of the molecule is C=C(C)C(=O)Oc1ccc2c(c1)Oc1cc(O)ccc1[C@@]21OC(=O)c2ccccc21. The molecule has 1 atom stereocenters. The number of benzene rings is 3. The third-order valence-corrected chi connectivity index (χ3v) is 5.23. The fourth-order valence-electron chi connectivity index (χ4n) is 3.90. The van der Waals surface area contributed by atoms with Gasteiger partial charge < -0.3 is 19.3 Å². The Balaban J connectivity index is 1.75. The standard InChI is InChI=1S/C24H16O6/c1-13(2)22(26)28-15-8-10-19-21(12-15)29-20-11-14(25)7-9-18(20)24(19)17-6-4-3-5-16(17)23(27)30-24/h3-12,25H,1H2,2H3/t24-/m1/s1. The predicted octanol–water partition coefficient (Wildman–Crippen LogP) is 4.44. The van der Waals surface area contributed by atoms with Crippen LogP contribution in [0.1, 0.15) is 34.0 Å². The maximum absolute atomic E-state index is 12.7. The van der Waals surface area contributed by atoms with Gasteiger partial charge in [-0.3, -0.25) is 0 Å². The second kappa shape index (κ2) is 6.22. The third kappa shape index (κ3) is 2.43. The summed E-state index contributed by atoms with van der Waals surface area (Å²) in [6.45, 7) is 5.13. The lowest BCUT2D eigenvalue weighted by Gasteiger charge is -2.36. The number of carbonyl (C=O) groups excluding carboxylic acids is 2. The summed E-state index contributed by atoms with van der Waals surface area (Å²) in [7, 11) is 0. The molecule has 2 aliphatic rings. The van der Waals surface area contributed by atoms with Crippen LogP contribution in [0.3, 0.4) is 0 Å². The van der Waals surface area contributed by atoms with E-state index in [2.05, 4.69) is 6.58 Å². The second-order valence-electron chi connectivity index (χ2n) is 7.23. The Morgan fingerprint density at radius 3 is 2.47 bits per heavy atom. The van der Waals surface area contributed by atoms with Crippen LogP contribution in [0.25, 0.3) is 0 Å². The van der Waals surface area contributed by atoms with Crippen molar-refractivity contribution >= 4 is 11.9 Å². The molecule has 0 fully saturated rings. The molecule has 30 heavy (non-hydrogen) atoms. The van der Waals surface area contributed by atoms with Crippen LogP contribution in [-0.2, 0) is 15.1 Å². The second-order valence-corrected chi connectivity index (χ2v) is 7.23. The highest BCUT2D eigenvalue weighted by Gasteiger charge is 2.53. The molecule has 5 rings (SSSR count). The first-order chi connectivity index (χ1) is 14.4. The smallest absolute Gasteiger partial charge is 0.340 e. The number of aromatic hydroxyl groups is 1. The van der Waals surface area contributed by atoms with Gasteiger partial charge in [-0.15, -0.1) is 0 Å². The molecule has 2 aliphatic heterocycles. The minimum atomic E-state index is -1.23. The van der Waals surface area contributed by atoms with Gasteiger partial charge in [-0.25, -0.2) is 9.59 Å². The molecule has 1 spiro atoms. The summed E-state index contributed by atoms with van der Waals surface area (Å²) in [4.78, 5) is 24.6. The van der Waals surface area contributed by atoms with Crippen molar-refractivity contribution in [2.24, 2.45) is 0 Å². The molecule has 0 aromatic heterocycles. The van der Waals surface area contributed by atoms with Crippen LogP contribution >= 0.6 is 0 Å². The number of hydrogen-bond acceptors (Lipinski definition) is 6. The molecule has 6 heteroatoms. The van der Waals surface area contributed by atoms with Gasteiger partial charge in [0, 0.05) is 34.4 Å². The Morgan fingerprint density at radius 1 is 1.00 bits per heavy atom. The van der Waals surface area contributed by atoms with E-state index in [1.54, 1.807) is 43.3 Å². The highest BCUT2D eigenvalue weighted by atomic mass is 16.6. The van der Waals surface area contributed by atoms with Crippen molar-refractivity contribution in [2.45, 2.75) is 12.5 Å². The van der Waals surface area contributed by atoms with Gasteiger partial charge >= 0.3 is 11.9 Å². The summed E-state index contributed by atoms with van der Waals surface area (Å²) < 4.78 is 17.3. The van der Waals surface area contributed by atoms with E-state index in [1.165, 1.54) is 12.1 Å². The van der Waals surface area contributed by atoms with Crippen molar-refractivity contribution in [1.29, 1.82) is 0 Å². The third-order valence-electron chi connectivity index (χ3n) is 5.23. The first kappa shape index (κ1) is 18.0. The van der Waals surface area contributed by atoms with E-state index in [0.717, 1.165) is 0 Å². The van der Waals surface area contributed by atoms with Gasteiger partial charge in [0.15, 0.2) is 5.60 Å². The van der Waals surface area contributed by atoms with Crippen LogP contribution in [0.2, 0.25) is 0 Å². The topological polar surface area (TPSA) is 82.1 Å². The van der Waals surface area contributed by atoms with Crippen molar-refractivity contribution in [1.82, 2.24) is 0 Å². The molecule has 0 aliphatic carbocycles. The first-order valence-electron chi connectivity index (χ1n) is 9.26. The molecule has 0 bridgehead atoms. The Labute approximate surface area is 171 Å². The highest BCUT2D eigenvalue weighted by molar-refractivity contribution is 5.97. The van der Waals surface area contributed by atoms with Crippen LogP contribution < -0.4 is 9.47 Å². The molecule has 0 radical (unpaired) electrons. The number of phenols is 1. The van der Waals surface area contributed by atoms with E-state index in [1.807, 2.05) is 12.1 Å². The maximum atomic E-state index is 12.7. The number of fused-ring (bicyclic) bond motifs is 6. The zero-order valence-electron chi connectivity index (χ0n) is 16.0. The monoisotopic (exact) mass is 400 g/mol. The molecule has 0 saturated carbocycles. The zero-order valence-corrected chi connectivity index (χ0v) is 16.0. The van der Waals surface area contributed by atoms with Gasteiger partial charge in [-0.2, -0.15) is 0 Å². The molecule has 0 saturated heterocycles. The number of carbonyl (C=O) groups is 2.